The first kappa shape index (κ1) is 22.1. The van der Waals surface area contributed by atoms with Gasteiger partial charge in [0.15, 0.2) is 4.80 Å². The molecule has 0 aliphatic heterocycles. The van der Waals surface area contributed by atoms with Crippen LogP contribution in [0.1, 0.15) is 12.8 Å². The van der Waals surface area contributed by atoms with E-state index in [0.29, 0.717) is 29.9 Å². The van der Waals surface area contributed by atoms with E-state index >= 15 is 0 Å². The number of carbonyl (C=O) groups is 1. The van der Waals surface area contributed by atoms with Gasteiger partial charge in [0.25, 0.3) is 5.69 Å². The largest absolute Gasteiger partial charge is 0.383 e. The number of nitro groups is 1. The predicted molar refractivity (Wildman–Crippen MR) is 115 cm³/mol. The third-order valence-corrected chi connectivity index (χ3v) is 6.39. The summed E-state index contributed by atoms with van der Waals surface area (Å²) in [5.74, 6) is 0.195. The standard InChI is InChI=1S/C20H20FN3O4S2/c1-28-11-10-23-17-13-15(24(26)27)6-9-18(17)30-20(23)22-19(25)3-2-12-29-16-7-4-14(21)5-8-16/h4-9,13H,2-3,10-12H2,1H3. The van der Waals surface area contributed by atoms with Gasteiger partial charge < -0.3 is 9.30 Å². The van der Waals surface area contributed by atoms with Gasteiger partial charge in [-0.3, -0.25) is 14.9 Å². The zero-order valence-electron chi connectivity index (χ0n) is 16.2. The van der Waals surface area contributed by atoms with Crippen LogP contribution >= 0.6 is 23.1 Å². The van der Waals surface area contributed by atoms with Crippen LogP contribution < -0.4 is 4.80 Å². The van der Waals surface area contributed by atoms with Crippen LogP contribution in [0.2, 0.25) is 0 Å². The van der Waals surface area contributed by atoms with Gasteiger partial charge in [0.1, 0.15) is 5.82 Å². The van der Waals surface area contributed by atoms with Crippen molar-refractivity contribution >= 4 is 44.9 Å². The molecule has 0 aliphatic rings. The Kier molecular flexibility index (Phi) is 7.72. The molecule has 30 heavy (non-hydrogen) atoms. The zero-order chi connectivity index (χ0) is 21.5. The maximum Gasteiger partial charge on any atom is 0.271 e. The summed E-state index contributed by atoms with van der Waals surface area (Å²) in [7, 11) is 1.57. The van der Waals surface area contributed by atoms with E-state index in [2.05, 4.69) is 4.99 Å². The van der Waals surface area contributed by atoms with Crippen LogP contribution in [0.3, 0.4) is 0 Å². The van der Waals surface area contributed by atoms with Gasteiger partial charge in [-0.05, 0) is 42.5 Å². The van der Waals surface area contributed by atoms with Gasteiger partial charge in [0.2, 0.25) is 5.91 Å². The first-order valence-electron chi connectivity index (χ1n) is 9.20. The number of aromatic nitrogens is 1. The van der Waals surface area contributed by atoms with Crippen LogP contribution in [0.4, 0.5) is 10.1 Å². The van der Waals surface area contributed by atoms with Crippen LogP contribution in [0.25, 0.3) is 10.2 Å². The first-order valence-corrected chi connectivity index (χ1v) is 11.0. The average Bonchev–Trinajstić information content (AvgIpc) is 3.06. The second-order valence-corrected chi connectivity index (χ2v) is 8.53. The Hall–Kier alpha value is -2.56. The Labute approximate surface area is 180 Å². The Bertz CT molecular complexity index is 1110. The van der Waals surface area contributed by atoms with Gasteiger partial charge in [-0.1, -0.05) is 11.3 Å². The molecule has 0 aliphatic carbocycles. The number of amides is 1. The molecule has 1 heterocycles. The van der Waals surface area contributed by atoms with E-state index in [1.54, 1.807) is 41.6 Å². The minimum absolute atomic E-state index is 0.0119. The summed E-state index contributed by atoms with van der Waals surface area (Å²) in [4.78, 5) is 28.7. The zero-order valence-corrected chi connectivity index (χ0v) is 17.9. The number of hydrogen-bond donors (Lipinski definition) is 0. The van der Waals surface area contributed by atoms with Crippen molar-refractivity contribution in [2.75, 3.05) is 19.5 Å². The lowest BCUT2D eigenvalue weighted by Gasteiger charge is -2.04. The molecule has 3 rings (SSSR count). The molecule has 158 valence electrons. The smallest absolute Gasteiger partial charge is 0.271 e. The van der Waals surface area contributed by atoms with Crippen LogP contribution in [-0.2, 0) is 16.1 Å². The summed E-state index contributed by atoms with van der Waals surface area (Å²) in [6, 6.07) is 10.8. The number of thiazole rings is 1. The van der Waals surface area contributed by atoms with E-state index in [-0.39, 0.29) is 23.8 Å². The third-order valence-electron chi connectivity index (χ3n) is 4.23. The molecule has 0 N–H and O–H groups in total. The SMILES string of the molecule is COCCn1c(=NC(=O)CCCSc2ccc(F)cc2)sc2ccc([N+](=O)[O-])cc21. The first-order chi connectivity index (χ1) is 14.5. The van der Waals surface area contributed by atoms with Gasteiger partial charge >= 0.3 is 0 Å². The molecule has 1 aromatic heterocycles. The number of thioether (sulfide) groups is 1. The van der Waals surface area contributed by atoms with Gasteiger partial charge in [0, 0.05) is 37.1 Å². The van der Waals surface area contributed by atoms with Crippen molar-refractivity contribution in [3.8, 4) is 0 Å². The number of hydrogen-bond acceptors (Lipinski definition) is 6. The fraction of sp³-hybridized carbons (Fsp3) is 0.300. The van der Waals surface area contributed by atoms with E-state index in [1.807, 2.05) is 0 Å². The lowest BCUT2D eigenvalue weighted by Crippen LogP contribution is -2.19. The maximum absolute atomic E-state index is 12.9. The number of halogens is 1. The van der Waals surface area contributed by atoms with Crippen molar-refractivity contribution in [3.05, 3.63) is 63.2 Å². The van der Waals surface area contributed by atoms with E-state index in [0.717, 1.165) is 15.3 Å². The Morgan fingerprint density at radius 2 is 2.07 bits per heavy atom. The number of benzene rings is 2. The van der Waals surface area contributed by atoms with Crippen molar-refractivity contribution in [2.45, 2.75) is 24.3 Å². The maximum atomic E-state index is 12.9. The molecule has 2 aromatic carbocycles. The fourth-order valence-corrected chi connectivity index (χ4v) is 4.67. The number of nitro benzene ring substituents is 1. The van der Waals surface area contributed by atoms with Crippen molar-refractivity contribution in [1.29, 1.82) is 0 Å². The fourth-order valence-electron chi connectivity index (χ4n) is 2.76. The van der Waals surface area contributed by atoms with Crippen molar-refractivity contribution in [2.24, 2.45) is 4.99 Å². The molecule has 1 amide bonds. The summed E-state index contributed by atoms with van der Waals surface area (Å²) in [6.07, 6.45) is 0.922. The lowest BCUT2D eigenvalue weighted by molar-refractivity contribution is -0.384. The molecule has 0 radical (unpaired) electrons. The molecular weight excluding hydrogens is 429 g/mol. The molecule has 3 aromatic rings. The van der Waals surface area contributed by atoms with Crippen molar-refractivity contribution in [3.63, 3.8) is 0 Å². The van der Waals surface area contributed by atoms with Crippen LogP contribution in [-0.4, -0.2) is 34.9 Å². The average molecular weight is 450 g/mol. The van der Waals surface area contributed by atoms with Crippen molar-refractivity contribution < 1.29 is 18.8 Å². The van der Waals surface area contributed by atoms with E-state index in [1.165, 1.54) is 35.6 Å². The van der Waals surface area contributed by atoms with Gasteiger partial charge in [-0.25, -0.2) is 4.39 Å². The van der Waals surface area contributed by atoms with Gasteiger partial charge in [0.05, 0.1) is 21.7 Å². The number of non-ortho nitro benzene ring substituents is 1. The minimum Gasteiger partial charge on any atom is -0.383 e. The van der Waals surface area contributed by atoms with Crippen molar-refractivity contribution in [1.82, 2.24) is 4.57 Å². The van der Waals surface area contributed by atoms with Gasteiger partial charge in [-0.15, -0.1) is 11.8 Å². The number of fused-ring (bicyclic) bond motifs is 1. The minimum atomic E-state index is -0.446. The monoisotopic (exact) mass is 449 g/mol. The highest BCUT2D eigenvalue weighted by Gasteiger charge is 2.13. The topological polar surface area (TPSA) is 86.7 Å². The van der Waals surface area contributed by atoms with E-state index < -0.39 is 4.92 Å². The van der Waals surface area contributed by atoms with Crippen LogP contribution in [0.5, 0.6) is 0 Å². The summed E-state index contributed by atoms with van der Waals surface area (Å²) < 4.78 is 20.7. The van der Waals surface area contributed by atoms with E-state index in [9.17, 15) is 19.3 Å². The molecule has 0 unspecified atom stereocenters. The molecule has 0 bridgehead atoms. The normalized spacial score (nSPS) is 11.9. The second kappa shape index (κ2) is 10.5. The highest BCUT2D eigenvalue weighted by Crippen LogP contribution is 2.23. The summed E-state index contributed by atoms with van der Waals surface area (Å²) >= 11 is 2.87. The number of rotatable bonds is 9. The molecule has 0 atom stereocenters. The Morgan fingerprint density at radius 1 is 1.30 bits per heavy atom. The number of ether oxygens (including phenoxy) is 1. The van der Waals surface area contributed by atoms with Gasteiger partial charge in [-0.2, -0.15) is 4.99 Å². The summed E-state index contributed by atoms with van der Waals surface area (Å²) in [5, 5.41) is 11.1. The number of carbonyl (C=O) groups excluding carboxylic acids is 1. The third kappa shape index (κ3) is 5.74. The molecule has 0 fully saturated rings. The molecular formula is C20H20FN3O4S2. The van der Waals surface area contributed by atoms with Crippen LogP contribution in [0, 0.1) is 15.9 Å². The summed E-state index contributed by atoms with van der Waals surface area (Å²) in [6.45, 7) is 0.828. The molecule has 10 heteroatoms. The second-order valence-electron chi connectivity index (χ2n) is 6.35. The molecule has 0 saturated heterocycles. The quantitative estimate of drug-likeness (QED) is 0.209. The lowest BCUT2D eigenvalue weighted by atomic mass is 10.3. The summed E-state index contributed by atoms with van der Waals surface area (Å²) in [5.41, 5.74) is 0.645. The molecule has 7 nitrogen and oxygen atoms in total. The van der Waals surface area contributed by atoms with Crippen LogP contribution in [0.15, 0.2) is 52.4 Å². The highest BCUT2D eigenvalue weighted by atomic mass is 32.2. The number of methoxy groups -OCH3 is 1. The Balaban J connectivity index is 1.72. The molecule has 0 saturated carbocycles. The number of nitrogens with zero attached hydrogens (tertiary/aromatic N) is 3. The Morgan fingerprint density at radius 3 is 2.77 bits per heavy atom. The predicted octanol–water partition coefficient (Wildman–Crippen LogP) is 4.40. The molecule has 0 spiro atoms. The highest BCUT2D eigenvalue weighted by molar-refractivity contribution is 7.99. The van der Waals surface area contributed by atoms with E-state index in [4.69, 9.17) is 4.74 Å².